The number of esters is 1. The summed E-state index contributed by atoms with van der Waals surface area (Å²) in [6.07, 6.45) is 3.38. The molecule has 1 aromatic rings. The molecule has 148 valence electrons. The van der Waals surface area contributed by atoms with Crippen LogP contribution in [0.3, 0.4) is 0 Å². The molecule has 0 aromatic heterocycles. The lowest BCUT2D eigenvalue weighted by molar-refractivity contribution is -0.147. The van der Waals surface area contributed by atoms with Crippen LogP contribution in [0.25, 0.3) is 0 Å². The number of carbonyl (C=O) groups excluding carboxylic acids is 1. The maximum Gasteiger partial charge on any atom is 0.341 e. The van der Waals surface area contributed by atoms with Gasteiger partial charge in [-0.05, 0) is 67.1 Å². The van der Waals surface area contributed by atoms with Gasteiger partial charge in [0, 0.05) is 0 Å². The van der Waals surface area contributed by atoms with Crippen LogP contribution in [0.5, 0.6) is 5.75 Å². The van der Waals surface area contributed by atoms with Crippen LogP contribution in [-0.2, 0) is 27.2 Å². The van der Waals surface area contributed by atoms with Crippen LogP contribution in [0, 0.1) is 17.8 Å². The van der Waals surface area contributed by atoms with E-state index in [9.17, 15) is 14.7 Å². The molecule has 0 amide bonds. The lowest BCUT2D eigenvalue weighted by Crippen LogP contribution is -2.27. The number of ether oxygens (including phenoxy) is 2. The SMILES string of the molecule is O=C(O)COc1cccc2c1CC1C[C@@H](O)[C@H](CCCOC(=O)CO)[C@H]1C2. The molecule has 7 nitrogen and oxygen atoms in total. The zero-order chi connectivity index (χ0) is 19.4. The third kappa shape index (κ3) is 4.59. The molecule has 4 atom stereocenters. The molecule has 1 saturated carbocycles. The molecular weight excluding hydrogens is 352 g/mol. The van der Waals surface area contributed by atoms with Crippen LogP contribution in [-0.4, -0.2) is 53.2 Å². The number of fused-ring (bicyclic) bond motifs is 2. The first-order chi connectivity index (χ1) is 13.0. The maximum absolute atomic E-state index is 11.0. The van der Waals surface area contributed by atoms with Gasteiger partial charge in [0.1, 0.15) is 12.4 Å². The van der Waals surface area contributed by atoms with Crippen molar-refractivity contribution in [2.75, 3.05) is 19.8 Å². The zero-order valence-corrected chi connectivity index (χ0v) is 15.2. The number of carboxylic acids is 1. The van der Waals surface area contributed by atoms with Gasteiger partial charge >= 0.3 is 11.9 Å². The van der Waals surface area contributed by atoms with E-state index in [1.165, 1.54) is 0 Å². The number of benzene rings is 1. The molecule has 1 unspecified atom stereocenters. The molecule has 3 rings (SSSR count). The Balaban J connectivity index is 1.64. The predicted molar refractivity (Wildman–Crippen MR) is 95.4 cm³/mol. The van der Waals surface area contributed by atoms with Crippen LogP contribution in [0.4, 0.5) is 0 Å². The lowest BCUT2D eigenvalue weighted by Gasteiger charge is -2.32. The summed E-state index contributed by atoms with van der Waals surface area (Å²) >= 11 is 0. The number of aliphatic hydroxyl groups excluding tert-OH is 2. The fourth-order valence-corrected chi connectivity index (χ4v) is 4.63. The van der Waals surface area contributed by atoms with Gasteiger partial charge in [0.25, 0.3) is 0 Å². The van der Waals surface area contributed by atoms with E-state index in [1.807, 2.05) is 12.1 Å². The number of rotatable bonds is 8. The van der Waals surface area contributed by atoms with E-state index < -0.39 is 18.5 Å². The van der Waals surface area contributed by atoms with Crippen LogP contribution < -0.4 is 4.74 Å². The van der Waals surface area contributed by atoms with Crippen molar-refractivity contribution in [3.63, 3.8) is 0 Å². The fraction of sp³-hybridized carbons (Fsp3) is 0.600. The molecule has 1 aromatic carbocycles. The Labute approximate surface area is 157 Å². The highest BCUT2D eigenvalue weighted by Gasteiger charge is 2.44. The van der Waals surface area contributed by atoms with Crippen molar-refractivity contribution >= 4 is 11.9 Å². The largest absolute Gasteiger partial charge is 0.482 e. The third-order valence-electron chi connectivity index (χ3n) is 5.77. The summed E-state index contributed by atoms with van der Waals surface area (Å²) in [7, 11) is 0. The summed E-state index contributed by atoms with van der Waals surface area (Å²) in [5.74, 6) is -0.149. The molecule has 3 N–H and O–H groups in total. The van der Waals surface area contributed by atoms with Gasteiger partial charge in [0.05, 0.1) is 12.7 Å². The van der Waals surface area contributed by atoms with Gasteiger partial charge in [0.15, 0.2) is 6.61 Å². The normalized spacial score (nSPS) is 26.1. The molecule has 2 aliphatic rings. The van der Waals surface area contributed by atoms with Gasteiger partial charge in [-0.1, -0.05) is 12.1 Å². The average Bonchev–Trinajstić information content (AvgIpc) is 2.95. The Morgan fingerprint density at radius 1 is 1.22 bits per heavy atom. The van der Waals surface area contributed by atoms with Gasteiger partial charge in [-0.25, -0.2) is 9.59 Å². The number of aliphatic hydroxyl groups is 2. The second kappa shape index (κ2) is 8.71. The van der Waals surface area contributed by atoms with Gasteiger partial charge in [-0.15, -0.1) is 0 Å². The van der Waals surface area contributed by atoms with Crippen molar-refractivity contribution in [3.8, 4) is 5.75 Å². The van der Waals surface area contributed by atoms with Crippen molar-refractivity contribution in [2.24, 2.45) is 17.8 Å². The Kier molecular flexibility index (Phi) is 6.34. The summed E-state index contributed by atoms with van der Waals surface area (Å²) in [5, 5.41) is 28.1. The minimum Gasteiger partial charge on any atom is -0.482 e. The Bertz CT molecular complexity index is 687. The highest BCUT2D eigenvalue weighted by molar-refractivity contribution is 5.70. The van der Waals surface area contributed by atoms with Crippen molar-refractivity contribution in [1.29, 1.82) is 0 Å². The number of aliphatic carboxylic acids is 1. The van der Waals surface area contributed by atoms with E-state index in [4.69, 9.17) is 19.7 Å². The smallest absolute Gasteiger partial charge is 0.341 e. The van der Waals surface area contributed by atoms with E-state index in [-0.39, 0.29) is 25.2 Å². The van der Waals surface area contributed by atoms with Crippen molar-refractivity contribution in [2.45, 2.75) is 38.2 Å². The molecule has 1 fully saturated rings. The summed E-state index contributed by atoms with van der Waals surface area (Å²) in [6.45, 7) is -0.716. The van der Waals surface area contributed by atoms with Crippen molar-refractivity contribution in [1.82, 2.24) is 0 Å². The quantitative estimate of drug-likeness (QED) is 0.460. The predicted octanol–water partition coefficient (Wildman–Crippen LogP) is 1.18. The Morgan fingerprint density at radius 2 is 2.04 bits per heavy atom. The monoisotopic (exact) mass is 378 g/mol. The van der Waals surface area contributed by atoms with Crippen molar-refractivity contribution < 1.29 is 34.4 Å². The van der Waals surface area contributed by atoms with Crippen LogP contribution in [0.1, 0.15) is 30.4 Å². The maximum atomic E-state index is 11.0. The highest BCUT2D eigenvalue weighted by atomic mass is 16.5. The molecular formula is C20H26O7. The molecule has 0 heterocycles. The second-order valence-electron chi connectivity index (χ2n) is 7.40. The summed E-state index contributed by atoms with van der Waals surface area (Å²) in [6, 6.07) is 5.73. The van der Waals surface area contributed by atoms with E-state index in [0.29, 0.717) is 24.0 Å². The van der Waals surface area contributed by atoms with Crippen LogP contribution >= 0.6 is 0 Å². The van der Waals surface area contributed by atoms with Crippen LogP contribution in [0.15, 0.2) is 18.2 Å². The topological polar surface area (TPSA) is 113 Å². The van der Waals surface area contributed by atoms with Crippen LogP contribution in [0.2, 0.25) is 0 Å². The van der Waals surface area contributed by atoms with Crippen molar-refractivity contribution in [3.05, 3.63) is 29.3 Å². The zero-order valence-electron chi connectivity index (χ0n) is 15.2. The molecule has 0 radical (unpaired) electrons. The summed E-state index contributed by atoms with van der Waals surface area (Å²) < 4.78 is 10.4. The molecule has 7 heteroatoms. The number of carboxylic acid groups (broad SMARTS) is 1. The van der Waals surface area contributed by atoms with Gasteiger partial charge < -0.3 is 24.8 Å². The van der Waals surface area contributed by atoms with E-state index in [2.05, 4.69) is 0 Å². The fourth-order valence-electron chi connectivity index (χ4n) is 4.63. The van der Waals surface area contributed by atoms with E-state index in [1.54, 1.807) is 6.07 Å². The third-order valence-corrected chi connectivity index (χ3v) is 5.77. The molecule has 0 spiro atoms. The number of hydrogen-bond donors (Lipinski definition) is 3. The molecule has 27 heavy (non-hydrogen) atoms. The minimum absolute atomic E-state index is 0.152. The molecule has 0 saturated heterocycles. The van der Waals surface area contributed by atoms with E-state index in [0.717, 1.165) is 36.8 Å². The first-order valence-electron chi connectivity index (χ1n) is 9.39. The Morgan fingerprint density at radius 3 is 2.78 bits per heavy atom. The summed E-state index contributed by atoms with van der Waals surface area (Å²) in [5.41, 5.74) is 2.22. The first-order valence-corrected chi connectivity index (χ1v) is 9.39. The second-order valence-corrected chi connectivity index (χ2v) is 7.40. The highest BCUT2D eigenvalue weighted by Crippen LogP contribution is 2.48. The van der Waals surface area contributed by atoms with E-state index >= 15 is 0 Å². The lowest BCUT2D eigenvalue weighted by atomic mass is 9.73. The molecule has 0 aliphatic heterocycles. The Hall–Kier alpha value is -2.12. The average molecular weight is 378 g/mol. The standard InChI is InChI=1S/C20H26O7/c21-10-20(25)26-6-2-4-14-15-7-12-3-1-5-18(27-11-19(23)24)16(12)8-13(15)9-17(14)22/h1,3,5,13-15,17,21-22H,2,4,6-11H2,(H,23,24)/t13?,14-,15+,17-/m1/s1. The van der Waals surface area contributed by atoms with Gasteiger partial charge in [0.2, 0.25) is 0 Å². The first kappa shape index (κ1) is 19.6. The number of hydrogen-bond acceptors (Lipinski definition) is 6. The molecule has 0 bridgehead atoms. The minimum atomic E-state index is -1.00. The molecule has 2 aliphatic carbocycles. The van der Waals surface area contributed by atoms with Gasteiger partial charge in [-0.2, -0.15) is 0 Å². The summed E-state index contributed by atoms with van der Waals surface area (Å²) in [4.78, 5) is 21.8. The number of carbonyl (C=O) groups is 2. The van der Waals surface area contributed by atoms with Gasteiger partial charge in [-0.3, -0.25) is 0 Å².